The van der Waals surface area contributed by atoms with Gasteiger partial charge < -0.3 is 10.4 Å². The first-order valence-corrected chi connectivity index (χ1v) is 5.30. The summed E-state index contributed by atoms with van der Waals surface area (Å²) in [4.78, 5) is 15.8. The minimum atomic E-state index is -0.407. The van der Waals surface area contributed by atoms with Gasteiger partial charge in [-0.3, -0.25) is 9.78 Å². The highest BCUT2D eigenvalue weighted by molar-refractivity contribution is 5.94. The average molecular weight is 222 g/mol. The van der Waals surface area contributed by atoms with E-state index in [4.69, 9.17) is 5.11 Å². The van der Waals surface area contributed by atoms with Crippen LogP contribution in [0.3, 0.4) is 0 Å². The van der Waals surface area contributed by atoms with E-state index < -0.39 is 5.54 Å². The van der Waals surface area contributed by atoms with Crippen molar-refractivity contribution in [1.82, 2.24) is 10.3 Å². The molecule has 0 saturated heterocycles. The van der Waals surface area contributed by atoms with Gasteiger partial charge in [0.1, 0.15) is 0 Å². The summed E-state index contributed by atoms with van der Waals surface area (Å²) < 4.78 is 0. The molecule has 1 aromatic rings. The molecule has 2 N–H and O–H groups in total. The standard InChI is InChI=1S/C12H18N2O2/c1-9-6-10(8-13-7-9)11(16)14-12(2,3)4-5-15/h6-8,15H,4-5H2,1-3H3,(H,14,16). The lowest BCUT2D eigenvalue weighted by molar-refractivity contribution is 0.0899. The fourth-order valence-corrected chi connectivity index (χ4v) is 1.40. The molecule has 1 aromatic heterocycles. The molecule has 0 aliphatic rings. The molecule has 16 heavy (non-hydrogen) atoms. The van der Waals surface area contributed by atoms with Crippen LogP contribution in [0.1, 0.15) is 36.2 Å². The SMILES string of the molecule is Cc1cncc(C(=O)NC(C)(C)CCO)c1. The Hall–Kier alpha value is -1.42. The first kappa shape index (κ1) is 12.6. The second kappa shape index (κ2) is 5.07. The highest BCUT2D eigenvalue weighted by atomic mass is 16.3. The number of hydrogen-bond donors (Lipinski definition) is 2. The molecule has 4 heteroatoms. The summed E-state index contributed by atoms with van der Waals surface area (Å²) in [7, 11) is 0. The van der Waals surface area contributed by atoms with E-state index >= 15 is 0 Å². The van der Waals surface area contributed by atoms with Gasteiger partial charge in [-0.15, -0.1) is 0 Å². The lowest BCUT2D eigenvalue weighted by atomic mass is 10.0. The Morgan fingerprint density at radius 2 is 2.19 bits per heavy atom. The molecule has 0 radical (unpaired) electrons. The average Bonchev–Trinajstić information content (AvgIpc) is 2.16. The number of aliphatic hydroxyl groups is 1. The Labute approximate surface area is 95.7 Å². The van der Waals surface area contributed by atoms with Crippen LogP contribution >= 0.6 is 0 Å². The summed E-state index contributed by atoms with van der Waals surface area (Å²) >= 11 is 0. The fourth-order valence-electron chi connectivity index (χ4n) is 1.40. The van der Waals surface area contributed by atoms with Gasteiger partial charge in [0.05, 0.1) is 5.56 Å². The molecule has 0 aliphatic heterocycles. The van der Waals surface area contributed by atoms with Crippen LogP contribution in [0.25, 0.3) is 0 Å². The highest BCUT2D eigenvalue weighted by Gasteiger charge is 2.20. The molecule has 0 aliphatic carbocycles. The Kier molecular flexibility index (Phi) is 4.01. The quantitative estimate of drug-likeness (QED) is 0.806. The van der Waals surface area contributed by atoms with Crippen LogP contribution < -0.4 is 5.32 Å². The Morgan fingerprint density at radius 1 is 1.50 bits per heavy atom. The number of hydrogen-bond acceptors (Lipinski definition) is 3. The van der Waals surface area contributed by atoms with Crippen molar-refractivity contribution in [2.45, 2.75) is 32.7 Å². The van der Waals surface area contributed by atoms with Gasteiger partial charge in [0, 0.05) is 24.5 Å². The van der Waals surface area contributed by atoms with Crippen molar-refractivity contribution in [2.75, 3.05) is 6.61 Å². The molecule has 1 amide bonds. The number of aryl methyl sites for hydroxylation is 1. The van der Waals surface area contributed by atoms with Gasteiger partial charge in [-0.2, -0.15) is 0 Å². The van der Waals surface area contributed by atoms with Crippen LogP contribution in [-0.4, -0.2) is 28.1 Å². The minimum absolute atomic E-state index is 0.0549. The van der Waals surface area contributed by atoms with E-state index in [0.717, 1.165) is 5.56 Å². The molecule has 4 nitrogen and oxygen atoms in total. The summed E-state index contributed by atoms with van der Waals surface area (Å²) in [5.41, 5.74) is 1.09. The number of rotatable bonds is 4. The Bertz CT molecular complexity index is 375. The van der Waals surface area contributed by atoms with E-state index in [9.17, 15) is 4.79 Å². The predicted molar refractivity (Wildman–Crippen MR) is 62.2 cm³/mol. The van der Waals surface area contributed by atoms with Crippen LogP contribution in [0.2, 0.25) is 0 Å². The third-order valence-electron chi connectivity index (χ3n) is 2.33. The topological polar surface area (TPSA) is 62.2 Å². The largest absolute Gasteiger partial charge is 0.396 e. The summed E-state index contributed by atoms with van der Waals surface area (Å²) in [6.45, 7) is 5.71. The number of carbonyl (C=O) groups excluding carboxylic acids is 1. The Morgan fingerprint density at radius 3 is 2.75 bits per heavy atom. The first-order valence-electron chi connectivity index (χ1n) is 5.30. The first-order chi connectivity index (χ1) is 7.44. The molecule has 0 spiro atoms. The van der Waals surface area contributed by atoms with Crippen LogP contribution in [-0.2, 0) is 0 Å². The molecule has 1 rings (SSSR count). The second-order valence-corrected chi connectivity index (χ2v) is 4.56. The third kappa shape index (κ3) is 3.62. The van der Waals surface area contributed by atoms with Crippen molar-refractivity contribution in [3.63, 3.8) is 0 Å². The van der Waals surface area contributed by atoms with Gasteiger partial charge >= 0.3 is 0 Å². The zero-order chi connectivity index (χ0) is 12.2. The van der Waals surface area contributed by atoms with Crippen molar-refractivity contribution in [3.8, 4) is 0 Å². The van der Waals surface area contributed by atoms with Gasteiger partial charge in [-0.1, -0.05) is 0 Å². The second-order valence-electron chi connectivity index (χ2n) is 4.56. The van der Waals surface area contributed by atoms with E-state index in [2.05, 4.69) is 10.3 Å². The fraction of sp³-hybridized carbons (Fsp3) is 0.500. The normalized spacial score (nSPS) is 11.2. The van der Waals surface area contributed by atoms with Crippen LogP contribution in [0.4, 0.5) is 0 Å². The number of aliphatic hydroxyl groups excluding tert-OH is 1. The van der Waals surface area contributed by atoms with E-state index in [1.54, 1.807) is 12.3 Å². The van der Waals surface area contributed by atoms with Gasteiger partial charge in [0.2, 0.25) is 0 Å². The number of amides is 1. The maximum Gasteiger partial charge on any atom is 0.253 e. The lowest BCUT2D eigenvalue weighted by Crippen LogP contribution is -2.44. The van der Waals surface area contributed by atoms with Crippen LogP contribution in [0, 0.1) is 6.92 Å². The molecule has 0 aromatic carbocycles. The monoisotopic (exact) mass is 222 g/mol. The van der Waals surface area contributed by atoms with E-state index in [1.807, 2.05) is 20.8 Å². The smallest absolute Gasteiger partial charge is 0.253 e. The number of aromatic nitrogens is 1. The van der Waals surface area contributed by atoms with E-state index in [-0.39, 0.29) is 12.5 Å². The number of pyridine rings is 1. The molecule has 0 saturated carbocycles. The molecule has 0 unspecified atom stereocenters. The third-order valence-corrected chi connectivity index (χ3v) is 2.33. The maximum absolute atomic E-state index is 11.9. The van der Waals surface area contributed by atoms with Crippen molar-refractivity contribution < 1.29 is 9.90 Å². The summed E-state index contributed by atoms with van der Waals surface area (Å²) in [6, 6.07) is 1.79. The van der Waals surface area contributed by atoms with Crippen LogP contribution in [0.5, 0.6) is 0 Å². The number of carbonyl (C=O) groups is 1. The van der Waals surface area contributed by atoms with Crippen LogP contribution in [0.15, 0.2) is 18.5 Å². The molecular weight excluding hydrogens is 204 g/mol. The van der Waals surface area contributed by atoms with E-state index in [0.29, 0.717) is 12.0 Å². The van der Waals surface area contributed by atoms with Gasteiger partial charge in [0.15, 0.2) is 0 Å². The van der Waals surface area contributed by atoms with Crippen molar-refractivity contribution in [1.29, 1.82) is 0 Å². The van der Waals surface area contributed by atoms with E-state index in [1.165, 1.54) is 6.20 Å². The molecule has 0 fully saturated rings. The van der Waals surface area contributed by atoms with Crippen molar-refractivity contribution >= 4 is 5.91 Å². The minimum Gasteiger partial charge on any atom is -0.396 e. The summed E-state index contributed by atoms with van der Waals surface area (Å²) in [6.07, 6.45) is 3.77. The molecular formula is C12H18N2O2. The van der Waals surface area contributed by atoms with Gasteiger partial charge in [-0.05, 0) is 38.8 Å². The summed E-state index contributed by atoms with van der Waals surface area (Å²) in [5, 5.41) is 11.7. The zero-order valence-electron chi connectivity index (χ0n) is 9.95. The molecule has 0 atom stereocenters. The Balaban J connectivity index is 2.72. The zero-order valence-corrected chi connectivity index (χ0v) is 9.95. The molecule has 0 bridgehead atoms. The number of nitrogens with zero attached hydrogens (tertiary/aromatic N) is 1. The molecule has 1 heterocycles. The van der Waals surface area contributed by atoms with Crippen molar-refractivity contribution in [3.05, 3.63) is 29.6 Å². The lowest BCUT2D eigenvalue weighted by Gasteiger charge is -2.25. The highest BCUT2D eigenvalue weighted by Crippen LogP contribution is 2.09. The number of nitrogens with one attached hydrogen (secondary N) is 1. The van der Waals surface area contributed by atoms with Gasteiger partial charge in [0.25, 0.3) is 5.91 Å². The maximum atomic E-state index is 11.9. The van der Waals surface area contributed by atoms with Gasteiger partial charge in [-0.25, -0.2) is 0 Å². The molecule has 88 valence electrons. The summed E-state index contributed by atoms with van der Waals surface area (Å²) in [5.74, 6) is -0.158. The predicted octanol–water partition coefficient (Wildman–Crippen LogP) is 1.28. The van der Waals surface area contributed by atoms with Crippen molar-refractivity contribution in [2.24, 2.45) is 0 Å².